The van der Waals surface area contributed by atoms with Crippen molar-refractivity contribution >= 4 is 10.9 Å². The number of para-hydroxylation sites is 1. The molecule has 1 unspecified atom stereocenters. The van der Waals surface area contributed by atoms with Crippen LogP contribution in [0.5, 0.6) is 0 Å². The summed E-state index contributed by atoms with van der Waals surface area (Å²) in [6, 6.07) is 18.4. The van der Waals surface area contributed by atoms with E-state index in [1.807, 2.05) is 37.3 Å². The highest BCUT2D eigenvalue weighted by Gasteiger charge is 2.22. The zero-order chi connectivity index (χ0) is 14.9. The van der Waals surface area contributed by atoms with Crippen LogP contribution in [0, 0.1) is 5.82 Å². The van der Waals surface area contributed by atoms with Crippen LogP contribution in [0.15, 0.2) is 60.7 Å². The molecule has 0 spiro atoms. The molecule has 2 nitrogen and oxygen atoms in total. The molecule has 1 aromatic heterocycles. The Bertz CT molecular complexity index is 764. The Hall–Kier alpha value is -2.26. The zero-order valence-corrected chi connectivity index (χ0v) is 11.9. The third-order valence-corrected chi connectivity index (χ3v) is 3.71. The average molecular weight is 280 g/mol. The van der Waals surface area contributed by atoms with Crippen LogP contribution in [0.25, 0.3) is 10.9 Å². The highest BCUT2D eigenvalue weighted by Crippen LogP contribution is 2.23. The molecule has 0 aliphatic rings. The summed E-state index contributed by atoms with van der Waals surface area (Å²) in [7, 11) is 0. The molecule has 0 bridgehead atoms. The molecule has 21 heavy (non-hydrogen) atoms. The largest absolute Gasteiger partial charge is 0.321 e. The monoisotopic (exact) mass is 280 g/mol. The number of fused-ring (bicyclic) bond motifs is 1. The van der Waals surface area contributed by atoms with E-state index in [0.29, 0.717) is 6.42 Å². The van der Waals surface area contributed by atoms with Gasteiger partial charge in [0.05, 0.1) is 5.52 Å². The fraction of sp³-hybridized carbons (Fsp3) is 0.167. The highest BCUT2D eigenvalue weighted by molar-refractivity contribution is 5.78. The van der Waals surface area contributed by atoms with E-state index in [9.17, 15) is 4.39 Å². The molecule has 2 N–H and O–H groups in total. The van der Waals surface area contributed by atoms with Gasteiger partial charge in [0.1, 0.15) is 5.82 Å². The second-order valence-electron chi connectivity index (χ2n) is 5.60. The molecule has 1 atom stereocenters. The van der Waals surface area contributed by atoms with E-state index >= 15 is 0 Å². The molecule has 3 rings (SSSR count). The van der Waals surface area contributed by atoms with Crippen molar-refractivity contribution in [2.24, 2.45) is 5.73 Å². The van der Waals surface area contributed by atoms with Crippen molar-refractivity contribution < 1.29 is 4.39 Å². The summed E-state index contributed by atoms with van der Waals surface area (Å²) < 4.78 is 13.0. The van der Waals surface area contributed by atoms with E-state index in [4.69, 9.17) is 5.73 Å². The fourth-order valence-corrected chi connectivity index (χ4v) is 2.52. The van der Waals surface area contributed by atoms with Gasteiger partial charge in [-0.25, -0.2) is 4.39 Å². The van der Waals surface area contributed by atoms with Gasteiger partial charge < -0.3 is 5.73 Å². The predicted molar refractivity (Wildman–Crippen MR) is 83.4 cm³/mol. The standard InChI is InChI=1S/C18H17FN2/c1-18(20,14-7-9-15(19)10-8-14)12-16-11-6-13-4-2-3-5-17(13)21-16/h2-11H,12,20H2,1H3. The number of nitrogens with two attached hydrogens (primary N) is 1. The van der Waals surface area contributed by atoms with Crippen LogP contribution in [0.4, 0.5) is 4.39 Å². The lowest BCUT2D eigenvalue weighted by atomic mass is 9.88. The third kappa shape index (κ3) is 2.93. The molecular formula is C18H17FN2. The number of hydrogen-bond donors (Lipinski definition) is 1. The van der Waals surface area contributed by atoms with Crippen molar-refractivity contribution in [2.45, 2.75) is 18.9 Å². The van der Waals surface area contributed by atoms with Crippen molar-refractivity contribution in [1.82, 2.24) is 4.98 Å². The number of rotatable bonds is 3. The molecule has 0 amide bonds. The van der Waals surface area contributed by atoms with Gasteiger partial charge in [0.2, 0.25) is 0 Å². The van der Waals surface area contributed by atoms with Crippen molar-refractivity contribution in [3.8, 4) is 0 Å². The predicted octanol–water partition coefficient (Wildman–Crippen LogP) is 3.79. The van der Waals surface area contributed by atoms with E-state index in [1.165, 1.54) is 12.1 Å². The fourth-order valence-electron chi connectivity index (χ4n) is 2.52. The lowest BCUT2D eigenvalue weighted by molar-refractivity contribution is 0.484. The summed E-state index contributed by atoms with van der Waals surface area (Å²) >= 11 is 0. The zero-order valence-electron chi connectivity index (χ0n) is 11.9. The molecule has 0 fully saturated rings. The van der Waals surface area contributed by atoms with Crippen LogP contribution in [-0.4, -0.2) is 4.98 Å². The topological polar surface area (TPSA) is 38.9 Å². The van der Waals surface area contributed by atoms with E-state index in [2.05, 4.69) is 11.1 Å². The summed E-state index contributed by atoms with van der Waals surface area (Å²) in [5, 5.41) is 1.11. The molecule has 0 saturated heterocycles. The number of nitrogens with zero attached hydrogens (tertiary/aromatic N) is 1. The van der Waals surface area contributed by atoms with Gasteiger partial charge in [0.15, 0.2) is 0 Å². The minimum atomic E-state index is -0.580. The maximum absolute atomic E-state index is 13.0. The Kier molecular flexibility index (Phi) is 3.43. The third-order valence-electron chi connectivity index (χ3n) is 3.71. The first-order valence-corrected chi connectivity index (χ1v) is 6.94. The SMILES string of the molecule is CC(N)(Cc1ccc2ccccc2n1)c1ccc(F)cc1. The van der Waals surface area contributed by atoms with Gasteiger partial charge in [-0.15, -0.1) is 0 Å². The molecule has 0 saturated carbocycles. The van der Waals surface area contributed by atoms with E-state index in [1.54, 1.807) is 12.1 Å². The summed E-state index contributed by atoms with van der Waals surface area (Å²) in [5.74, 6) is -0.251. The van der Waals surface area contributed by atoms with Gasteiger partial charge in [0, 0.05) is 23.0 Å². The van der Waals surface area contributed by atoms with E-state index in [-0.39, 0.29) is 5.82 Å². The minimum Gasteiger partial charge on any atom is -0.321 e. The highest BCUT2D eigenvalue weighted by atomic mass is 19.1. The Balaban J connectivity index is 1.91. The number of hydrogen-bond acceptors (Lipinski definition) is 2. The van der Waals surface area contributed by atoms with Gasteiger partial charge in [-0.2, -0.15) is 0 Å². The van der Waals surface area contributed by atoms with Crippen LogP contribution >= 0.6 is 0 Å². The van der Waals surface area contributed by atoms with Gasteiger partial charge in [-0.05, 0) is 36.8 Å². The molecule has 3 heteroatoms. The van der Waals surface area contributed by atoms with Gasteiger partial charge in [-0.1, -0.05) is 36.4 Å². The normalized spacial score (nSPS) is 14.0. The number of halogens is 1. The van der Waals surface area contributed by atoms with Gasteiger partial charge >= 0.3 is 0 Å². The van der Waals surface area contributed by atoms with Gasteiger partial charge in [-0.3, -0.25) is 4.98 Å². The quantitative estimate of drug-likeness (QED) is 0.792. The molecule has 0 aliphatic carbocycles. The first kappa shape index (κ1) is 13.7. The second kappa shape index (κ2) is 5.26. The van der Waals surface area contributed by atoms with Crippen molar-refractivity contribution in [3.63, 3.8) is 0 Å². The van der Waals surface area contributed by atoms with Crippen LogP contribution < -0.4 is 5.73 Å². The maximum Gasteiger partial charge on any atom is 0.123 e. The van der Waals surface area contributed by atoms with Crippen LogP contribution in [-0.2, 0) is 12.0 Å². The Morgan fingerprint density at radius 2 is 1.71 bits per heavy atom. The lowest BCUT2D eigenvalue weighted by Crippen LogP contribution is -2.35. The Morgan fingerprint density at radius 3 is 2.48 bits per heavy atom. The first-order valence-electron chi connectivity index (χ1n) is 6.94. The molecule has 0 aliphatic heterocycles. The number of pyridine rings is 1. The first-order chi connectivity index (χ1) is 10.0. The van der Waals surface area contributed by atoms with E-state index in [0.717, 1.165) is 22.2 Å². The molecule has 1 heterocycles. The number of benzene rings is 2. The minimum absolute atomic E-state index is 0.251. The van der Waals surface area contributed by atoms with Crippen molar-refractivity contribution in [2.75, 3.05) is 0 Å². The number of aromatic nitrogens is 1. The van der Waals surface area contributed by atoms with E-state index < -0.39 is 5.54 Å². The molecule has 106 valence electrons. The summed E-state index contributed by atoms with van der Waals surface area (Å²) in [6.07, 6.45) is 0.601. The van der Waals surface area contributed by atoms with Crippen molar-refractivity contribution in [1.29, 1.82) is 0 Å². The summed E-state index contributed by atoms with van der Waals surface area (Å²) in [6.45, 7) is 1.94. The molecule has 0 radical (unpaired) electrons. The smallest absolute Gasteiger partial charge is 0.123 e. The summed E-state index contributed by atoms with van der Waals surface area (Å²) in [5.41, 5.74) is 8.62. The van der Waals surface area contributed by atoms with Crippen molar-refractivity contribution in [3.05, 3.63) is 77.7 Å². The van der Waals surface area contributed by atoms with Crippen LogP contribution in [0.2, 0.25) is 0 Å². The maximum atomic E-state index is 13.0. The average Bonchev–Trinajstić information content (AvgIpc) is 2.47. The molecular weight excluding hydrogens is 263 g/mol. The lowest BCUT2D eigenvalue weighted by Gasteiger charge is -2.25. The molecule has 2 aromatic carbocycles. The summed E-state index contributed by atoms with van der Waals surface area (Å²) in [4.78, 5) is 4.65. The second-order valence-corrected chi connectivity index (χ2v) is 5.60. The Labute approximate surface area is 123 Å². The van der Waals surface area contributed by atoms with Crippen LogP contribution in [0.3, 0.4) is 0 Å². The molecule has 3 aromatic rings. The Morgan fingerprint density at radius 1 is 1.00 bits per heavy atom. The van der Waals surface area contributed by atoms with Gasteiger partial charge in [0.25, 0.3) is 0 Å². The van der Waals surface area contributed by atoms with Crippen LogP contribution in [0.1, 0.15) is 18.2 Å².